The molecule has 1 heterocycles. The van der Waals surface area contributed by atoms with Crippen LogP contribution in [0.2, 0.25) is 0 Å². The summed E-state index contributed by atoms with van der Waals surface area (Å²) in [6.45, 7) is 7.92. The predicted molar refractivity (Wildman–Crippen MR) is 57.2 cm³/mol. The molecule has 0 fully saturated rings. The van der Waals surface area contributed by atoms with Crippen LogP contribution in [-0.4, -0.2) is 6.54 Å². The van der Waals surface area contributed by atoms with E-state index in [0.29, 0.717) is 5.92 Å². The van der Waals surface area contributed by atoms with Crippen molar-refractivity contribution >= 4 is 5.69 Å². The van der Waals surface area contributed by atoms with Crippen LogP contribution in [0.3, 0.4) is 0 Å². The summed E-state index contributed by atoms with van der Waals surface area (Å²) in [5.41, 5.74) is 4.23. The number of benzene rings is 1. The van der Waals surface area contributed by atoms with Gasteiger partial charge < -0.3 is 5.32 Å². The summed E-state index contributed by atoms with van der Waals surface area (Å²) in [6, 6.07) is 6.58. The molecule has 0 bridgehead atoms. The molecule has 1 aromatic carbocycles. The number of para-hydroxylation sites is 1. The highest BCUT2D eigenvalue weighted by Gasteiger charge is 2.22. The maximum absolute atomic E-state index is 3.51. The van der Waals surface area contributed by atoms with E-state index in [4.69, 9.17) is 0 Å². The minimum atomic E-state index is 0.691. The van der Waals surface area contributed by atoms with Crippen molar-refractivity contribution in [3.8, 4) is 0 Å². The van der Waals surface area contributed by atoms with Crippen molar-refractivity contribution < 1.29 is 0 Å². The molecule has 0 spiro atoms. The van der Waals surface area contributed by atoms with E-state index < -0.39 is 0 Å². The zero-order chi connectivity index (χ0) is 9.42. The number of nitrogens with one attached hydrogen (secondary N) is 1. The normalized spacial score (nSPS) is 26.4. The van der Waals surface area contributed by atoms with Gasteiger partial charge in [-0.3, -0.25) is 0 Å². The number of aryl methyl sites for hydroxylation is 1. The first-order valence-electron chi connectivity index (χ1n) is 5.03. The van der Waals surface area contributed by atoms with E-state index in [0.717, 1.165) is 12.5 Å². The fourth-order valence-corrected chi connectivity index (χ4v) is 2.06. The van der Waals surface area contributed by atoms with Gasteiger partial charge in [0, 0.05) is 12.2 Å². The molecule has 0 amide bonds. The Labute approximate surface area is 80.2 Å². The Hall–Kier alpha value is -0.980. The first-order chi connectivity index (χ1) is 6.20. The Bertz CT molecular complexity index is 317. The monoisotopic (exact) mass is 175 g/mol. The highest BCUT2D eigenvalue weighted by Crippen LogP contribution is 2.36. The average molecular weight is 175 g/mol. The minimum absolute atomic E-state index is 0.691. The van der Waals surface area contributed by atoms with Crippen LogP contribution < -0.4 is 5.32 Å². The topological polar surface area (TPSA) is 12.0 Å². The molecule has 1 heteroatoms. The molecule has 70 valence electrons. The van der Waals surface area contributed by atoms with Crippen LogP contribution in [0.4, 0.5) is 5.69 Å². The van der Waals surface area contributed by atoms with E-state index in [2.05, 4.69) is 44.3 Å². The van der Waals surface area contributed by atoms with Crippen LogP contribution >= 0.6 is 0 Å². The standard InChI is InChI=1S/C12H17N/c1-8-5-4-6-11-10(3)9(2)7-13-12(8)11/h4-6,9-10,13H,7H2,1-3H3. The molecule has 13 heavy (non-hydrogen) atoms. The molecule has 0 saturated heterocycles. The van der Waals surface area contributed by atoms with E-state index >= 15 is 0 Å². The summed E-state index contributed by atoms with van der Waals surface area (Å²) >= 11 is 0. The minimum Gasteiger partial charge on any atom is -0.384 e. The van der Waals surface area contributed by atoms with E-state index in [1.807, 2.05) is 0 Å². The van der Waals surface area contributed by atoms with Crippen molar-refractivity contribution in [2.75, 3.05) is 11.9 Å². The van der Waals surface area contributed by atoms with Crippen molar-refractivity contribution in [1.82, 2.24) is 0 Å². The lowest BCUT2D eigenvalue weighted by molar-refractivity contribution is 0.497. The third-order valence-electron chi connectivity index (χ3n) is 3.25. The predicted octanol–water partition coefficient (Wildman–Crippen LogP) is 3.16. The molecular weight excluding hydrogens is 158 g/mol. The quantitative estimate of drug-likeness (QED) is 0.638. The van der Waals surface area contributed by atoms with Gasteiger partial charge in [-0.05, 0) is 29.9 Å². The van der Waals surface area contributed by atoms with Gasteiger partial charge in [0.05, 0.1) is 0 Å². The number of hydrogen-bond donors (Lipinski definition) is 1. The first kappa shape index (κ1) is 8.61. The van der Waals surface area contributed by atoms with Crippen molar-refractivity contribution in [2.24, 2.45) is 5.92 Å². The van der Waals surface area contributed by atoms with E-state index in [1.165, 1.54) is 16.8 Å². The largest absolute Gasteiger partial charge is 0.384 e. The zero-order valence-electron chi connectivity index (χ0n) is 8.59. The van der Waals surface area contributed by atoms with Crippen molar-refractivity contribution in [1.29, 1.82) is 0 Å². The summed E-state index contributed by atoms with van der Waals surface area (Å²) in [5.74, 6) is 1.44. The van der Waals surface area contributed by atoms with Crippen LogP contribution in [0.5, 0.6) is 0 Å². The molecule has 1 aromatic rings. The van der Waals surface area contributed by atoms with E-state index in [1.54, 1.807) is 0 Å². The number of anilines is 1. The molecule has 2 unspecified atom stereocenters. The second kappa shape index (κ2) is 3.06. The molecule has 1 aliphatic heterocycles. The molecule has 0 saturated carbocycles. The van der Waals surface area contributed by atoms with Crippen LogP contribution in [0, 0.1) is 12.8 Å². The number of hydrogen-bond acceptors (Lipinski definition) is 1. The Morgan fingerprint density at radius 2 is 2.08 bits per heavy atom. The third-order valence-corrected chi connectivity index (χ3v) is 3.25. The Kier molecular flexibility index (Phi) is 2.03. The molecular formula is C12H17N. The summed E-state index contributed by atoms with van der Waals surface area (Å²) in [5, 5.41) is 3.51. The summed E-state index contributed by atoms with van der Waals surface area (Å²) in [7, 11) is 0. The third kappa shape index (κ3) is 1.32. The smallest absolute Gasteiger partial charge is 0.0405 e. The van der Waals surface area contributed by atoms with Crippen LogP contribution in [0.25, 0.3) is 0 Å². The maximum atomic E-state index is 3.51. The molecule has 0 aromatic heterocycles. The zero-order valence-corrected chi connectivity index (χ0v) is 8.59. The molecule has 1 aliphatic rings. The lowest BCUT2D eigenvalue weighted by Crippen LogP contribution is -2.24. The van der Waals surface area contributed by atoms with Gasteiger partial charge >= 0.3 is 0 Å². The highest BCUT2D eigenvalue weighted by atomic mass is 14.9. The lowest BCUT2D eigenvalue weighted by atomic mass is 9.84. The molecule has 0 aliphatic carbocycles. The SMILES string of the molecule is Cc1cccc2c1NCC(C)C2C. The molecule has 1 N–H and O–H groups in total. The van der Waals surface area contributed by atoms with Gasteiger partial charge in [-0.15, -0.1) is 0 Å². The summed E-state index contributed by atoms with van der Waals surface area (Å²) in [6.07, 6.45) is 0. The van der Waals surface area contributed by atoms with Crippen LogP contribution in [0.1, 0.15) is 30.9 Å². The van der Waals surface area contributed by atoms with Gasteiger partial charge in [-0.1, -0.05) is 32.0 Å². The summed E-state index contributed by atoms with van der Waals surface area (Å²) < 4.78 is 0. The van der Waals surface area contributed by atoms with Crippen molar-refractivity contribution in [3.63, 3.8) is 0 Å². The Morgan fingerprint density at radius 1 is 1.31 bits per heavy atom. The van der Waals surface area contributed by atoms with Gasteiger partial charge in [-0.25, -0.2) is 0 Å². The fraction of sp³-hybridized carbons (Fsp3) is 0.500. The molecule has 1 nitrogen and oxygen atoms in total. The van der Waals surface area contributed by atoms with Gasteiger partial charge in [0.1, 0.15) is 0 Å². The Balaban J connectivity index is 2.49. The van der Waals surface area contributed by atoms with Gasteiger partial charge in [0.2, 0.25) is 0 Å². The molecule has 0 radical (unpaired) electrons. The second-order valence-corrected chi connectivity index (χ2v) is 4.19. The van der Waals surface area contributed by atoms with Crippen molar-refractivity contribution in [3.05, 3.63) is 29.3 Å². The first-order valence-corrected chi connectivity index (χ1v) is 5.03. The summed E-state index contributed by atoms with van der Waals surface area (Å²) in [4.78, 5) is 0. The van der Waals surface area contributed by atoms with Crippen LogP contribution in [0.15, 0.2) is 18.2 Å². The van der Waals surface area contributed by atoms with E-state index in [-0.39, 0.29) is 0 Å². The highest BCUT2D eigenvalue weighted by molar-refractivity contribution is 5.60. The number of rotatable bonds is 0. The van der Waals surface area contributed by atoms with Crippen molar-refractivity contribution in [2.45, 2.75) is 26.7 Å². The van der Waals surface area contributed by atoms with Gasteiger partial charge in [0.15, 0.2) is 0 Å². The average Bonchev–Trinajstić information content (AvgIpc) is 2.12. The van der Waals surface area contributed by atoms with Gasteiger partial charge in [-0.2, -0.15) is 0 Å². The maximum Gasteiger partial charge on any atom is 0.0405 e. The van der Waals surface area contributed by atoms with Crippen LogP contribution in [-0.2, 0) is 0 Å². The second-order valence-electron chi connectivity index (χ2n) is 4.19. The lowest BCUT2D eigenvalue weighted by Gasteiger charge is -2.30. The fourth-order valence-electron chi connectivity index (χ4n) is 2.06. The van der Waals surface area contributed by atoms with Gasteiger partial charge in [0.25, 0.3) is 0 Å². The number of fused-ring (bicyclic) bond motifs is 1. The van der Waals surface area contributed by atoms with E-state index in [9.17, 15) is 0 Å². The molecule has 2 rings (SSSR count). The molecule has 2 atom stereocenters. The Morgan fingerprint density at radius 3 is 2.85 bits per heavy atom.